The Labute approximate surface area is 146 Å². The zero-order valence-corrected chi connectivity index (χ0v) is 14.6. The molecule has 2 aromatic rings. The van der Waals surface area contributed by atoms with Crippen molar-refractivity contribution in [1.29, 1.82) is 0 Å². The fourth-order valence-corrected chi connectivity index (χ4v) is 3.76. The van der Waals surface area contributed by atoms with E-state index in [-0.39, 0.29) is 17.9 Å². The minimum Gasteiger partial charge on any atom is -0.326 e. The first-order valence-corrected chi connectivity index (χ1v) is 8.93. The zero-order chi connectivity index (χ0) is 17.1. The molecule has 0 aromatic heterocycles. The van der Waals surface area contributed by atoms with Gasteiger partial charge in [-0.05, 0) is 49.2 Å². The van der Waals surface area contributed by atoms with E-state index in [1.54, 1.807) is 0 Å². The fourth-order valence-electron chi connectivity index (χ4n) is 3.00. The van der Waals surface area contributed by atoms with E-state index in [0.29, 0.717) is 5.75 Å². The van der Waals surface area contributed by atoms with Gasteiger partial charge in [-0.3, -0.25) is 9.59 Å². The van der Waals surface area contributed by atoms with Crippen LogP contribution in [-0.4, -0.2) is 23.6 Å². The normalized spacial score (nSPS) is 15.9. The summed E-state index contributed by atoms with van der Waals surface area (Å²) in [5.74, 6) is 0.439. The predicted molar refractivity (Wildman–Crippen MR) is 98.6 cm³/mol. The highest BCUT2D eigenvalue weighted by Crippen LogP contribution is 2.32. The topological polar surface area (TPSA) is 49.4 Å². The number of nitrogens with one attached hydrogen (secondary N) is 1. The van der Waals surface area contributed by atoms with Crippen LogP contribution in [0.25, 0.3) is 0 Å². The molecule has 1 N–H and O–H groups in total. The van der Waals surface area contributed by atoms with Crippen LogP contribution in [0.1, 0.15) is 19.4 Å². The summed E-state index contributed by atoms with van der Waals surface area (Å²) >= 11 is 1.52. The first kappa shape index (κ1) is 16.6. The molecule has 0 radical (unpaired) electrons. The Morgan fingerprint density at radius 1 is 1.17 bits per heavy atom. The third-order valence-electron chi connectivity index (χ3n) is 4.01. The van der Waals surface area contributed by atoms with Crippen molar-refractivity contribution < 1.29 is 9.59 Å². The summed E-state index contributed by atoms with van der Waals surface area (Å²) in [6.07, 6.45) is 0.915. The number of thioether (sulfide) groups is 1. The fraction of sp³-hybridized carbons (Fsp3) is 0.263. The van der Waals surface area contributed by atoms with E-state index < -0.39 is 0 Å². The number of anilines is 2. The molecule has 24 heavy (non-hydrogen) atoms. The molecule has 1 unspecified atom stereocenters. The molecule has 0 spiro atoms. The van der Waals surface area contributed by atoms with Crippen LogP contribution in [-0.2, 0) is 16.0 Å². The summed E-state index contributed by atoms with van der Waals surface area (Å²) in [6.45, 7) is 3.57. The van der Waals surface area contributed by atoms with Crippen LogP contribution in [0.5, 0.6) is 0 Å². The van der Waals surface area contributed by atoms with Crippen molar-refractivity contribution in [3.05, 3.63) is 54.1 Å². The Balaban J connectivity index is 1.62. The highest BCUT2D eigenvalue weighted by molar-refractivity contribution is 8.00. The third kappa shape index (κ3) is 3.62. The number of amides is 2. The predicted octanol–water partition coefficient (Wildman–Crippen LogP) is 3.71. The lowest BCUT2D eigenvalue weighted by atomic mass is 10.1. The van der Waals surface area contributed by atoms with Crippen molar-refractivity contribution in [2.75, 3.05) is 16.0 Å². The number of hydrogen-bond donors (Lipinski definition) is 1. The number of rotatable bonds is 4. The van der Waals surface area contributed by atoms with Crippen LogP contribution in [0.3, 0.4) is 0 Å². The number of fused-ring (bicyclic) bond motifs is 1. The Kier molecular flexibility index (Phi) is 4.90. The SMILES string of the molecule is CC(=O)Nc1ccc(SCC(=O)N2c3ccccc3CC2C)cc1. The largest absolute Gasteiger partial charge is 0.326 e. The summed E-state index contributed by atoms with van der Waals surface area (Å²) < 4.78 is 0. The van der Waals surface area contributed by atoms with E-state index in [1.807, 2.05) is 47.4 Å². The number of benzene rings is 2. The van der Waals surface area contributed by atoms with Crippen LogP contribution in [0.15, 0.2) is 53.4 Å². The summed E-state index contributed by atoms with van der Waals surface area (Å²) in [7, 11) is 0. The molecule has 0 fully saturated rings. The molecule has 0 aliphatic carbocycles. The lowest BCUT2D eigenvalue weighted by molar-refractivity contribution is -0.116. The molecule has 2 aromatic carbocycles. The Hall–Kier alpha value is -2.27. The molecule has 2 amide bonds. The van der Waals surface area contributed by atoms with E-state index in [4.69, 9.17) is 0 Å². The third-order valence-corrected chi connectivity index (χ3v) is 5.01. The molecule has 0 saturated heterocycles. The van der Waals surface area contributed by atoms with Crippen molar-refractivity contribution in [3.63, 3.8) is 0 Å². The highest BCUT2D eigenvalue weighted by Gasteiger charge is 2.30. The van der Waals surface area contributed by atoms with E-state index in [2.05, 4.69) is 18.3 Å². The minimum atomic E-state index is -0.0905. The second-order valence-corrected chi connectivity index (χ2v) is 6.99. The molecule has 1 atom stereocenters. The van der Waals surface area contributed by atoms with Gasteiger partial charge in [0.05, 0.1) is 5.75 Å². The summed E-state index contributed by atoms with van der Waals surface area (Å²) in [6, 6.07) is 15.9. The van der Waals surface area contributed by atoms with Crippen molar-refractivity contribution >= 4 is 35.0 Å². The van der Waals surface area contributed by atoms with Crippen LogP contribution in [0, 0.1) is 0 Å². The van der Waals surface area contributed by atoms with Gasteiger partial charge in [-0.25, -0.2) is 0 Å². The van der Waals surface area contributed by atoms with E-state index in [9.17, 15) is 9.59 Å². The molecule has 0 saturated carbocycles. The van der Waals surface area contributed by atoms with Crippen LogP contribution in [0.2, 0.25) is 0 Å². The van der Waals surface area contributed by atoms with Crippen molar-refractivity contribution in [1.82, 2.24) is 0 Å². The molecular formula is C19H20N2O2S. The lowest BCUT2D eigenvalue weighted by Crippen LogP contribution is -2.36. The summed E-state index contributed by atoms with van der Waals surface area (Å²) in [4.78, 5) is 26.6. The highest BCUT2D eigenvalue weighted by atomic mass is 32.2. The van der Waals surface area contributed by atoms with Gasteiger partial charge in [-0.15, -0.1) is 11.8 Å². The average molecular weight is 340 g/mol. The quantitative estimate of drug-likeness (QED) is 0.863. The lowest BCUT2D eigenvalue weighted by Gasteiger charge is -2.22. The molecule has 3 rings (SSSR count). The number of carbonyl (C=O) groups is 2. The van der Waals surface area contributed by atoms with Crippen molar-refractivity contribution in [2.45, 2.75) is 31.2 Å². The van der Waals surface area contributed by atoms with Gasteiger partial charge < -0.3 is 10.2 Å². The first-order chi connectivity index (χ1) is 11.5. The number of carbonyl (C=O) groups excluding carboxylic acids is 2. The minimum absolute atomic E-state index is 0.0905. The van der Waals surface area contributed by atoms with Gasteiger partial charge in [0.2, 0.25) is 11.8 Å². The van der Waals surface area contributed by atoms with E-state index in [0.717, 1.165) is 22.7 Å². The van der Waals surface area contributed by atoms with Crippen LogP contribution in [0.4, 0.5) is 11.4 Å². The standard InChI is InChI=1S/C19H20N2O2S/c1-13-11-15-5-3-4-6-18(15)21(13)19(23)12-24-17-9-7-16(8-10-17)20-14(2)22/h3-10,13H,11-12H2,1-2H3,(H,20,22). The van der Waals surface area contributed by atoms with Gasteiger partial charge in [0.25, 0.3) is 0 Å². The average Bonchev–Trinajstić information content (AvgIpc) is 2.89. The van der Waals surface area contributed by atoms with Gasteiger partial charge in [-0.1, -0.05) is 18.2 Å². The van der Waals surface area contributed by atoms with Crippen molar-refractivity contribution in [2.24, 2.45) is 0 Å². The molecular weight excluding hydrogens is 320 g/mol. The maximum Gasteiger partial charge on any atom is 0.237 e. The van der Waals surface area contributed by atoms with Gasteiger partial charge in [0, 0.05) is 29.2 Å². The second-order valence-electron chi connectivity index (χ2n) is 5.94. The zero-order valence-electron chi connectivity index (χ0n) is 13.8. The van der Waals surface area contributed by atoms with Gasteiger partial charge >= 0.3 is 0 Å². The molecule has 1 heterocycles. The number of hydrogen-bond acceptors (Lipinski definition) is 3. The summed E-state index contributed by atoms with van der Waals surface area (Å²) in [5, 5.41) is 2.74. The van der Waals surface area contributed by atoms with Crippen LogP contribution < -0.4 is 10.2 Å². The summed E-state index contributed by atoms with van der Waals surface area (Å²) in [5.41, 5.74) is 3.04. The smallest absolute Gasteiger partial charge is 0.237 e. The van der Waals surface area contributed by atoms with Gasteiger partial charge in [0.1, 0.15) is 0 Å². The maximum absolute atomic E-state index is 12.7. The number of nitrogens with zero attached hydrogens (tertiary/aromatic N) is 1. The first-order valence-electron chi connectivity index (χ1n) is 7.95. The monoisotopic (exact) mass is 340 g/mol. The Morgan fingerprint density at radius 3 is 2.58 bits per heavy atom. The Morgan fingerprint density at radius 2 is 1.88 bits per heavy atom. The van der Waals surface area contributed by atoms with Crippen molar-refractivity contribution in [3.8, 4) is 0 Å². The molecule has 124 valence electrons. The Bertz CT molecular complexity index is 758. The molecule has 5 heteroatoms. The second kappa shape index (κ2) is 7.09. The molecule has 1 aliphatic rings. The number of para-hydroxylation sites is 1. The van der Waals surface area contributed by atoms with Gasteiger partial charge in [0.15, 0.2) is 0 Å². The van der Waals surface area contributed by atoms with E-state index >= 15 is 0 Å². The molecule has 0 bridgehead atoms. The maximum atomic E-state index is 12.7. The van der Waals surface area contributed by atoms with Gasteiger partial charge in [-0.2, -0.15) is 0 Å². The molecule has 4 nitrogen and oxygen atoms in total. The van der Waals surface area contributed by atoms with E-state index in [1.165, 1.54) is 24.2 Å². The van der Waals surface area contributed by atoms with Crippen LogP contribution >= 0.6 is 11.8 Å². The molecule has 1 aliphatic heterocycles.